The first-order chi connectivity index (χ1) is 26.6. The van der Waals surface area contributed by atoms with Crippen molar-refractivity contribution in [1.82, 2.24) is 25.8 Å². The molecule has 1 aliphatic rings. The van der Waals surface area contributed by atoms with E-state index in [2.05, 4.69) is 20.9 Å². The molecule has 2 heterocycles. The maximum Gasteiger partial charge on any atom is 0.490 e. The van der Waals surface area contributed by atoms with Crippen LogP contribution in [-0.2, 0) is 48.0 Å². The minimum atomic E-state index is -5.08. The molecule has 0 unspecified atom stereocenters. The van der Waals surface area contributed by atoms with Crippen LogP contribution in [0.3, 0.4) is 0 Å². The Labute approximate surface area is 318 Å². The largest absolute Gasteiger partial charge is 0.508 e. The van der Waals surface area contributed by atoms with E-state index >= 15 is 0 Å². The Bertz CT molecular complexity index is 2010. The molecule has 0 radical (unpaired) electrons. The maximum atomic E-state index is 13.9. The topological polar surface area (TPSA) is 244 Å². The van der Waals surface area contributed by atoms with E-state index in [1.54, 1.807) is 42.6 Å². The van der Waals surface area contributed by atoms with Gasteiger partial charge in [0.15, 0.2) is 0 Å². The SMILES string of the molecule is NCC(=O)N[C@@H](Cc1ccc(O)cc1)C(=O)N1CCC[C@H]1C(=O)N[C@H](Cc1c[nH]c2ccccc12)C(=O)N[C@H](Cc1ccccc1)C(=O)O.O=C(O)C(F)(F)F. The Kier molecular flexibility index (Phi) is 14.5. The van der Waals surface area contributed by atoms with Gasteiger partial charge in [-0.2, -0.15) is 13.2 Å². The zero-order chi connectivity index (χ0) is 41.0. The van der Waals surface area contributed by atoms with Crippen molar-refractivity contribution in [3.8, 4) is 5.75 Å². The highest BCUT2D eigenvalue weighted by Gasteiger charge is 2.40. The molecule has 0 bridgehead atoms. The highest BCUT2D eigenvalue weighted by atomic mass is 19.4. The van der Waals surface area contributed by atoms with Crippen molar-refractivity contribution in [2.75, 3.05) is 13.1 Å². The number of nitrogens with one attached hydrogen (secondary N) is 4. The number of carbonyl (C=O) groups is 6. The molecule has 3 aromatic carbocycles. The summed E-state index contributed by atoms with van der Waals surface area (Å²) in [5.41, 5.74) is 8.49. The number of phenolic OH excluding ortho intramolecular Hbond substituents is 1. The van der Waals surface area contributed by atoms with Gasteiger partial charge >= 0.3 is 18.1 Å². The number of aromatic hydroxyl groups is 1. The lowest BCUT2D eigenvalue weighted by Crippen LogP contribution is -2.58. The fourth-order valence-electron chi connectivity index (χ4n) is 6.14. The number of hydrogen-bond donors (Lipinski definition) is 8. The molecule has 1 aliphatic heterocycles. The van der Waals surface area contributed by atoms with Crippen molar-refractivity contribution in [1.29, 1.82) is 0 Å². The van der Waals surface area contributed by atoms with Crippen molar-refractivity contribution in [2.24, 2.45) is 5.73 Å². The predicted octanol–water partition coefficient (Wildman–Crippen LogP) is 2.02. The number of rotatable bonds is 14. The molecule has 1 saturated heterocycles. The van der Waals surface area contributed by atoms with Gasteiger partial charge in [-0.15, -0.1) is 0 Å². The summed E-state index contributed by atoms with van der Waals surface area (Å²) in [6, 6.07) is 18.2. The summed E-state index contributed by atoms with van der Waals surface area (Å²) in [5, 5.41) is 35.7. The van der Waals surface area contributed by atoms with Crippen molar-refractivity contribution in [2.45, 2.75) is 62.4 Å². The van der Waals surface area contributed by atoms with Gasteiger partial charge in [0, 0.05) is 42.9 Å². The number of alkyl halides is 3. The van der Waals surface area contributed by atoms with Crippen LogP contribution >= 0.6 is 0 Å². The van der Waals surface area contributed by atoms with Crippen molar-refractivity contribution >= 4 is 46.5 Å². The van der Waals surface area contributed by atoms with Gasteiger partial charge < -0.3 is 46.9 Å². The quantitative estimate of drug-likeness (QED) is 0.0925. The van der Waals surface area contributed by atoms with Gasteiger partial charge in [0.05, 0.1) is 6.54 Å². The third-order valence-corrected chi connectivity index (χ3v) is 8.91. The molecule has 56 heavy (non-hydrogen) atoms. The Morgan fingerprint density at radius 1 is 0.804 bits per heavy atom. The second-order valence-corrected chi connectivity index (χ2v) is 12.9. The number of amides is 4. The number of aliphatic carboxylic acids is 2. The number of halogens is 3. The maximum absolute atomic E-state index is 13.9. The van der Waals surface area contributed by atoms with Gasteiger partial charge in [-0.25, -0.2) is 9.59 Å². The lowest BCUT2D eigenvalue weighted by molar-refractivity contribution is -0.192. The van der Waals surface area contributed by atoms with Crippen LogP contribution in [0.15, 0.2) is 85.1 Å². The minimum absolute atomic E-state index is 0.0392. The number of benzene rings is 3. The van der Waals surface area contributed by atoms with Gasteiger partial charge in [-0.1, -0.05) is 60.7 Å². The number of para-hydroxylation sites is 1. The van der Waals surface area contributed by atoms with Gasteiger partial charge in [0.1, 0.15) is 29.9 Å². The molecule has 15 nitrogen and oxygen atoms in total. The van der Waals surface area contributed by atoms with Crippen LogP contribution in [0.25, 0.3) is 10.9 Å². The standard InChI is InChI=1S/C36H40N6O7.C2HF3O2/c37-20-32(44)39-29(17-23-12-14-25(43)15-13-23)35(47)42-16-6-11-31(42)34(46)40-28(19-24-21-38-27-10-5-4-9-26(24)27)33(45)41-30(36(48)49)18-22-7-2-1-3-8-22;3-2(4,5)1(6)7/h1-5,7-10,12-15,21,28-31,38,43H,6,11,16-20,37H2,(H,39,44)(H,40,46)(H,41,45)(H,48,49);(H,6,7)/t28-,29+,30-,31+;/m1./s1. The summed E-state index contributed by atoms with van der Waals surface area (Å²) in [7, 11) is 0. The van der Waals surface area contributed by atoms with E-state index in [0.29, 0.717) is 18.4 Å². The second kappa shape index (κ2) is 19.2. The highest BCUT2D eigenvalue weighted by molar-refractivity contribution is 5.96. The van der Waals surface area contributed by atoms with Crippen molar-refractivity contribution in [3.63, 3.8) is 0 Å². The summed E-state index contributed by atoms with van der Waals surface area (Å²) >= 11 is 0. The average molecular weight is 783 g/mol. The summed E-state index contributed by atoms with van der Waals surface area (Å²) in [6.07, 6.45) is -2.32. The molecule has 4 amide bonds. The number of H-pyrrole nitrogens is 1. The third-order valence-electron chi connectivity index (χ3n) is 8.91. The lowest BCUT2D eigenvalue weighted by Gasteiger charge is -2.30. The second-order valence-electron chi connectivity index (χ2n) is 12.9. The van der Waals surface area contributed by atoms with Crippen LogP contribution < -0.4 is 21.7 Å². The van der Waals surface area contributed by atoms with Crippen molar-refractivity contribution in [3.05, 3.63) is 102 Å². The van der Waals surface area contributed by atoms with Crippen LogP contribution in [0.4, 0.5) is 13.2 Å². The number of likely N-dealkylation sites (tertiary alicyclic amines) is 1. The molecule has 4 atom stereocenters. The molecule has 0 aliphatic carbocycles. The molecule has 0 spiro atoms. The van der Waals surface area contributed by atoms with E-state index in [0.717, 1.165) is 22.0 Å². The van der Waals surface area contributed by atoms with E-state index in [4.69, 9.17) is 15.6 Å². The van der Waals surface area contributed by atoms with E-state index in [-0.39, 0.29) is 38.1 Å². The number of phenols is 1. The Hall–Kier alpha value is -6.43. The zero-order valence-corrected chi connectivity index (χ0v) is 29.8. The van der Waals surface area contributed by atoms with Crippen molar-refractivity contribution < 1.29 is 57.3 Å². The molecule has 9 N–H and O–H groups in total. The normalized spacial score (nSPS) is 15.4. The molecule has 298 valence electrons. The van der Waals surface area contributed by atoms with Gasteiger partial charge in [-0.05, 0) is 47.7 Å². The Morgan fingerprint density at radius 3 is 2.04 bits per heavy atom. The third kappa shape index (κ3) is 11.8. The predicted molar refractivity (Wildman–Crippen MR) is 195 cm³/mol. The number of nitrogens with zero attached hydrogens (tertiary/aromatic N) is 1. The summed E-state index contributed by atoms with van der Waals surface area (Å²) in [6.45, 7) is -0.0888. The Balaban J connectivity index is 0.000000908. The number of hydrogen-bond acceptors (Lipinski definition) is 8. The highest BCUT2D eigenvalue weighted by Crippen LogP contribution is 2.23. The number of aromatic amines is 1. The number of fused-ring (bicyclic) bond motifs is 1. The fraction of sp³-hybridized carbons (Fsp3) is 0.316. The molecule has 1 aromatic heterocycles. The smallest absolute Gasteiger partial charge is 0.490 e. The minimum Gasteiger partial charge on any atom is -0.508 e. The molecule has 0 saturated carbocycles. The number of nitrogens with two attached hydrogens (primary N) is 1. The van der Waals surface area contributed by atoms with Gasteiger partial charge in [-0.3, -0.25) is 19.2 Å². The molecule has 5 rings (SSSR count). The summed E-state index contributed by atoms with van der Waals surface area (Å²) in [5.74, 6) is -6.22. The van der Waals surface area contributed by atoms with E-state index in [9.17, 15) is 47.4 Å². The van der Waals surface area contributed by atoms with Gasteiger partial charge in [0.25, 0.3) is 0 Å². The van der Waals surface area contributed by atoms with Crippen LogP contribution in [-0.4, -0.2) is 104 Å². The molecule has 18 heteroatoms. The Morgan fingerprint density at radius 2 is 1.41 bits per heavy atom. The molecule has 4 aromatic rings. The number of carboxylic acids is 2. The monoisotopic (exact) mass is 782 g/mol. The lowest BCUT2D eigenvalue weighted by atomic mass is 10.0. The summed E-state index contributed by atoms with van der Waals surface area (Å²) < 4.78 is 31.7. The summed E-state index contributed by atoms with van der Waals surface area (Å²) in [4.78, 5) is 79.6. The van der Waals surface area contributed by atoms with Crippen LogP contribution in [0, 0.1) is 0 Å². The first kappa shape index (κ1) is 42.3. The first-order valence-electron chi connectivity index (χ1n) is 17.4. The van der Waals surface area contributed by atoms with E-state index < -0.39 is 65.9 Å². The molecular formula is C38H41F3N6O9. The molecule has 1 fully saturated rings. The fourth-order valence-corrected chi connectivity index (χ4v) is 6.14. The zero-order valence-electron chi connectivity index (χ0n) is 29.8. The van der Waals surface area contributed by atoms with Crippen LogP contribution in [0.2, 0.25) is 0 Å². The van der Waals surface area contributed by atoms with E-state index in [1.807, 2.05) is 30.3 Å². The van der Waals surface area contributed by atoms with Crippen LogP contribution in [0.1, 0.15) is 29.5 Å². The van der Waals surface area contributed by atoms with E-state index in [1.165, 1.54) is 17.0 Å². The van der Waals surface area contributed by atoms with Gasteiger partial charge in [0.2, 0.25) is 23.6 Å². The molecular weight excluding hydrogens is 741 g/mol. The number of carbonyl (C=O) groups excluding carboxylic acids is 4. The van der Waals surface area contributed by atoms with Crippen LogP contribution in [0.5, 0.6) is 5.75 Å². The number of carboxylic acid groups (broad SMARTS) is 2. The average Bonchev–Trinajstić information content (AvgIpc) is 3.83. The first-order valence-corrected chi connectivity index (χ1v) is 17.4. The number of aromatic nitrogens is 1.